The molecule has 1 saturated carbocycles. The van der Waals surface area contributed by atoms with Gasteiger partial charge in [-0.3, -0.25) is 0 Å². The molecule has 3 aliphatic rings. The van der Waals surface area contributed by atoms with E-state index in [9.17, 15) is 5.11 Å². The monoisotopic (exact) mass is 254 g/mol. The lowest BCUT2D eigenvalue weighted by molar-refractivity contribution is -0.162. The summed E-state index contributed by atoms with van der Waals surface area (Å²) in [6.07, 6.45) is 9.11. The minimum absolute atomic E-state index is 0.0285. The summed E-state index contributed by atoms with van der Waals surface area (Å²) in [5.74, 6) is 1.02. The first-order valence-corrected chi connectivity index (χ1v) is 7.69. The predicted molar refractivity (Wildman–Crippen MR) is 69.4 cm³/mol. The summed E-state index contributed by atoms with van der Waals surface area (Å²) in [6, 6.07) is 0. The van der Waals surface area contributed by atoms with Gasteiger partial charge >= 0.3 is 0 Å². The van der Waals surface area contributed by atoms with Gasteiger partial charge < -0.3 is 14.6 Å². The molecule has 0 aromatic carbocycles. The van der Waals surface area contributed by atoms with Crippen molar-refractivity contribution in [1.82, 2.24) is 0 Å². The van der Waals surface area contributed by atoms with E-state index in [1.165, 1.54) is 25.7 Å². The Bertz CT molecular complexity index is 261. The van der Waals surface area contributed by atoms with Crippen molar-refractivity contribution in [2.24, 2.45) is 11.8 Å². The van der Waals surface area contributed by atoms with Crippen molar-refractivity contribution in [3.8, 4) is 0 Å². The van der Waals surface area contributed by atoms with Crippen LogP contribution in [0.3, 0.4) is 0 Å². The first kappa shape index (κ1) is 12.9. The van der Waals surface area contributed by atoms with Crippen LogP contribution in [-0.2, 0) is 9.47 Å². The van der Waals surface area contributed by atoms with E-state index in [4.69, 9.17) is 9.47 Å². The topological polar surface area (TPSA) is 38.7 Å². The highest BCUT2D eigenvalue weighted by Crippen LogP contribution is 2.41. The molecule has 2 heterocycles. The molecule has 3 heteroatoms. The molecule has 2 unspecified atom stereocenters. The maximum Gasteiger partial charge on any atom is 0.0730 e. The van der Waals surface area contributed by atoms with Gasteiger partial charge in [-0.15, -0.1) is 0 Å². The van der Waals surface area contributed by atoms with Crippen molar-refractivity contribution in [3.05, 3.63) is 0 Å². The van der Waals surface area contributed by atoms with E-state index in [2.05, 4.69) is 0 Å². The van der Waals surface area contributed by atoms with Crippen LogP contribution in [0.25, 0.3) is 0 Å². The van der Waals surface area contributed by atoms with Crippen LogP contribution in [0, 0.1) is 11.8 Å². The Morgan fingerprint density at radius 2 is 1.67 bits per heavy atom. The zero-order valence-electron chi connectivity index (χ0n) is 11.3. The van der Waals surface area contributed by atoms with Crippen molar-refractivity contribution in [2.45, 2.75) is 63.1 Å². The Hall–Kier alpha value is -0.120. The van der Waals surface area contributed by atoms with E-state index in [-0.39, 0.29) is 11.7 Å². The molecule has 104 valence electrons. The average molecular weight is 254 g/mol. The van der Waals surface area contributed by atoms with Gasteiger partial charge in [0.1, 0.15) is 0 Å². The third-order valence-corrected chi connectivity index (χ3v) is 5.30. The second-order valence-electron chi connectivity index (χ2n) is 6.43. The zero-order chi connectivity index (χ0) is 12.4. The molecule has 0 bridgehead atoms. The van der Waals surface area contributed by atoms with E-state index in [0.29, 0.717) is 11.8 Å². The maximum absolute atomic E-state index is 10.6. The first-order valence-electron chi connectivity index (χ1n) is 7.69. The highest BCUT2D eigenvalue weighted by molar-refractivity contribution is 4.92. The van der Waals surface area contributed by atoms with Crippen LogP contribution in [0.5, 0.6) is 0 Å². The lowest BCUT2D eigenvalue weighted by Gasteiger charge is -2.45. The fraction of sp³-hybridized carbons (Fsp3) is 1.00. The van der Waals surface area contributed by atoms with Crippen molar-refractivity contribution in [1.29, 1.82) is 0 Å². The highest BCUT2D eigenvalue weighted by Gasteiger charge is 2.42. The summed E-state index contributed by atoms with van der Waals surface area (Å²) >= 11 is 0. The lowest BCUT2D eigenvalue weighted by Crippen LogP contribution is -2.47. The molecule has 3 fully saturated rings. The quantitative estimate of drug-likeness (QED) is 0.823. The molecule has 3 rings (SSSR count). The van der Waals surface area contributed by atoms with Gasteiger partial charge in [0, 0.05) is 19.8 Å². The smallest absolute Gasteiger partial charge is 0.0730 e. The van der Waals surface area contributed by atoms with Gasteiger partial charge in [-0.25, -0.2) is 0 Å². The molecule has 1 aliphatic carbocycles. The third-order valence-electron chi connectivity index (χ3n) is 5.30. The standard InChI is InChI=1S/C15H26O3/c16-14(12-3-1-2-4-12)13-5-8-18-15(11-13)6-9-17-10-7-15/h12-14,16H,1-11H2. The van der Waals surface area contributed by atoms with Crippen LogP contribution in [-0.4, -0.2) is 36.6 Å². The normalized spacial score (nSPS) is 34.8. The molecule has 3 nitrogen and oxygen atoms in total. The van der Waals surface area contributed by atoms with Gasteiger partial charge in [0.25, 0.3) is 0 Å². The molecule has 2 aliphatic heterocycles. The molecule has 0 radical (unpaired) electrons. The second-order valence-corrected chi connectivity index (χ2v) is 6.43. The van der Waals surface area contributed by atoms with Crippen LogP contribution in [0.2, 0.25) is 0 Å². The minimum atomic E-state index is -0.0869. The summed E-state index contributed by atoms with van der Waals surface area (Å²) in [7, 11) is 0. The number of rotatable bonds is 2. The van der Waals surface area contributed by atoms with Crippen LogP contribution >= 0.6 is 0 Å². The molecule has 1 spiro atoms. The fourth-order valence-corrected chi connectivity index (χ4v) is 4.13. The van der Waals surface area contributed by atoms with E-state index < -0.39 is 0 Å². The first-order chi connectivity index (χ1) is 8.79. The minimum Gasteiger partial charge on any atom is -0.393 e. The van der Waals surface area contributed by atoms with E-state index in [1.54, 1.807) is 0 Å². The van der Waals surface area contributed by atoms with Crippen molar-refractivity contribution < 1.29 is 14.6 Å². The Kier molecular flexibility index (Phi) is 3.92. The largest absolute Gasteiger partial charge is 0.393 e. The molecule has 0 aromatic rings. The lowest BCUT2D eigenvalue weighted by atomic mass is 9.75. The molecule has 2 atom stereocenters. The maximum atomic E-state index is 10.6. The summed E-state index contributed by atoms with van der Waals surface area (Å²) < 4.78 is 11.5. The SMILES string of the molecule is OC(C1CCCC1)C1CCOC2(CCOCC2)C1. The predicted octanol–water partition coefficient (Wildman–Crippen LogP) is 2.51. The van der Waals surface area contributed by atoms with E-state index in [0.717, 1.165) is 45.5 Å². The van der Waals surface area contributed by atoms with Crippen LogP contribution < -0.4 is 0 Å². The Balaban J connectivity index is 1.62. The molecular weight excluding hydrogens is 228 g/mol. The van der Waals surface area contributed by atoms with Crippen LogP contribution in [0.15, 0.2) is 0 Å². The van der Waals surface area contributed by atoms with Crippen LogP contribution in [0.4, 0.5) is 0 Å². The van der Waals surface area contributed by atoms with E-state index in [1.807, 2.05) is 0 Å². The third kappa shape index (κ3) is 2.59. The number of aliphatic hydroxyl groups is 1. The van der Waals surface area contributed by atoms with Crippen molar-refractivity contribution >= 4 is 0 Å². The molecule has 2 saturated heterocycles. The Morgan fingerprint density at radius 3 is 2.39 bits per heavy atom. The van der Waals surface area contributed by atoms with Gasteiger partial charge in [0.15, 0.2) is 0 Å². The molecule has 1 N–H and O–H groups in total. The number of ether oxygens (including phenoxy) is 2. The second kappa shape index (κ2) is 5.48. The fourth-order valence-electron chi connectivity index (χ4n) is 4.13. The number of hydrogen-bond donors (Lipinski definition) is 1. The van der Waals surface area contributed by atoms with Crippen molar-refractivity contribution in [3.63, 3.8) is 0 Å². The summed E-state index contributed by atoms with van der Waals surface area (Å²) in [6.45, 7) is 2.48. The summed E-state index contributed by atoms with van der Waals surface area (Å²) in [5.41, 5.74) is 0.0285. The van der Waals surface area contributed by atoms with Gasteiger partial charge in [0.05, 0.1) is 11.7 Å². The number of hydrogen-bond acceptors (Lipinski definition) is 3. The number of aliphatic hydroxyl groups excluding tert-OH is 1. The summed E-state index contributed by atoms with van der Waals surface area (Å²) in [4.78, 5) is 0. The Labute approximate surface area is 110 Å². The zero-order valence-corrected chi connectivity index (χ0v) is 11.3. The van der Waals surface area contributed by atoms with Crippen LogP contribution in [0.1, 0.15) is 51.4 Å². The molecular formula is C15H26O3. The molecule has 18 heavy (non-hydrogen) atoms. The Morgan fingerprint density at radius 1 is 0.944 bits per heavy atom. The average Bonchev–Trinajstić information content (AvgIpc) is 2.93. The molecule has 0 amide bonds. The van der Waals surface area contributed by atoms with Gasteiger partial charge in [-0.1, -0.05) is 12.8 Å². The molecule has 0 aromatic heterocycles. The van der Waals surface area contributed by atoms with Crippen molar-refractivity contribution in [2.75, 3.05) is 19.8 Å². The summed E-state index contributed by atoms with van der Waals surface area (Å²) in [5, 5.41) is 10.6. The highest BCUT2D eigenvalue weighted by atomic mass is 16.5. The van der Waals surface area contributed by atoms with E-state index >= 15 is 0 Å². The van der Waals surface area contributed by atoms with Gasteiger partial charge in [-0.05, 0) is 50.4 Å². The van der Waals surface area contributed by atoms with Gasteiger partial charge in [-0.2, -0.15) is 0 Å². The van der Waals surface area contributed by atoms with Gasteiger partial charge in [0.2, 0.25) is 0 Å².